The minimum atomic E-state index is -1.32. The molecule has 0 aliphatic heterocycles. The average molecular weight is 426 g/mol. The maximum atomic E-state index is 13.4. The van der Waals surface area contributed by atoms with Gasteiger partial charge in [0.15, 0.2) is 6.61 Å². The van der Waals surface area contributed by atoms with Crippen molar-refractivity contribution in [2.45, 2.75) is 43.4 Å². The van der Waals surface area contributed by atoms with Crippen molar-refractivity contribution in [3.05, 3.63) is 46.6 Å². The molecule has 2 amide bonds. The maximum absolute atomic E-state index is 13.4. The molecular formula is C19H18ClF2N3O4. The van der Waals surface area contributed by atoms with Crippen LogP contribution in [0, 0.1) is 5.82 Å². The van der Waals surface area contributed by atoms with Gasteiger partial charge in [0.1, 0.15) is 23.4 Å². The van der Waals surface area contributed by atoms with Gasteiger partial charge in [-0.3, -0.25) is 9.59 Å². The molecule has 1 aromatic carbocycles. The number of hydrogen-bond acceptors (Lipinski definition) is 5. The molecule has 7 nitrogen and oxygen atoms in total. The fourth-order valence-electron chi connectivity index (χ4n) is 3.99. The van der Waals surface area contributed by atoms with Gasteiger partial charge in [0.05, 0.1) is 5.02 Å². The zero-order chi connectivity index (χ0) is 20.8. The number of benzene rings is 1. The van der Waals surface area contributed by atoms with Crippen molar-refractivity contribution in [2.75, 3.05) is 6.61 Å². The fraction of sp³-hybridized carbons (Fsp3) is 0.421. The van der Waals surface area contributed by atoms with Crippen molar-refractivity contribution >= 4 is 23.4 Å². The number of ether oxygens (including phenoxy) is 1. The summed E-state index contributed by atoms with van der Waals surface area (Å²) in [5, 5.41) is 9.25. The third kappa shape index (κ3) is 3.78. The quantitative estimate of drug-likeness (QED) is 0.711. The summed E-state index contributed by atoms with van der Waals surface area (Å²) in [4.78, 5) is 24.4. The number of hydrogen-bond donors (Lipinski definition) is 2. The molecule has 5 rings (SSSR count). The number of halogens is 3. The first-order chi connectivity index (χ1) is 13.7. The van der Waals surface area contributed by atoms with Gasteiger partial charge in [-0.25, -0.2) is 8.78 Å². The van der Waals surface area contributed by atoms with Crippen LogP contribution in [0.3, 0.4) is 0 Å². The van der Waals surface area contributed by atoms with E-state index in [1.165, 1.54) is 25.1 Å². The standard InChI is InChI=1S/C19H18ClF2N3O4/c1-10(21)14-5-15(29-25-14)17(27)24-19-7-18(8-19,9-19)23-16(26)6-28-11-2-3-12(20)13(22)4-11/h2-5,10H,6-9H2,1H3,(H,23,26)(H,24,27). The zero-order valence-electron chi connectivity index (χ0n) is 15.4. The van der Waals surface area contributed by atoms with Gasteiger partial charge in [0.25, 0.3) is 11.8 Å². The molecule has 29 heavy (non-hydrogen) atoms. The van der Waals surface area contributed by atoms with Crippen LogP contribution in [0.15, 0.2) is 28.8 Å². The Labute approximate surface area is 169 Å². The Morgan fingerprint density at radius 2 is 1.97 bits per heavy atom. The first kappa shape index (κ1) is 19.6. The molecule has 10 heteroatoms. The number of alkyl halides is 1. The molecule has 3 aliphatic rings. The number of nitrogens with one attached hydrogen (secondary N) is 2. The highest BCUT2D eigenvalue weighted by molar-refractivity contribution is 6.30. The lowest BCUT2D eigenvalue weighted by molar-refractivity contribution is -0.141. The van der Waals surface area contributed by atoms with E-state index in [0.29, 0.717) is 19.3 Å². The Bertz CT molecular complexity index is 958. The summed E-state index contributed by atoms with van der Waals surface area (Å²) >= 11 is 5.60. The first-order valence-corrected chi connectivity index (χ1v) is 9.39. The van der Waals surface area contributed by atoms with E-state index in [9.17, 15) is 18.4 Å². The molecule has 3 fully saturated rings. The predicted octanol–water partition coefficient (Wildman–Crippen LogP) is 3.10. The van der Waals surface area contributed by atoms with Crippen LogP contribution in [0.4, 0.5) is 8.78 Å². The Morgan fingerprint density at radius 1 is 1.28 bits per heavy atom. The Kier molecular flexibility index (Phi) is 4.72. The molecule has 3 aliphatic carbocycles. The van der Waals surface area contributed by atoms with Crippen LogP contribution in [0.25, 0.3) is 0 Å². The molecule has 1 atom stereocenters. The third-order valence-electron chi connectivity index (χ3n) is 5.23. The van der Waals surface area contributed by atoms with Crippen molar-refractivity contribution in [3.8, 4) is 5.75 Å². The molecule has 2 aromatic rings. The number of carbonyl (C=O) groups is 2. The molecule has 2 bridgehead atoms. The highest BCUT2D eigenvalue weighted by Crippen LogP contribution is 2.60. The van der Waals surface area contributed by atoms with Gasteiger partial charge in [0.2, 0.25) is 5.76 Å². The van der Waals surface area contributed by atoms with Crippen molar-refractivity contribution in [1.82, 2.24) is 15.8 Å². The van der Waals surface area contributed by atoms with Crippen molar-refractivity contribution in [3.63, 3.8) is 0 Å². The molecule has 0 spiro atoms. The molecule has 3 saturated carbocycles. The number of carbonyl (C=O) groups excluding carboxylic acids is 2. The number of rotatable bonds is 7. The summed E-state index contributed by atoms with van der Waals surface area (Å²) in [6.07, 6.45) is 0.412. The average Bonchev–Trinajstić information content (AvgIpc) is 3.10. The van der Waals surface area contributed by atoms with Crippen LogP contribution in [-0.2, 0) is 4.79 Å². The van der Waals surface area contributed by atoms with Gasteiger partial charge < -0.3 is 19.9 Å². The van der Waals surface area contributed by atoms with Crippen LogP contribution in [0.1, 0.15) is 48.6 Å². The Morgan fingerprint density at radius 3 is 2.59 bits per heavy atom. The van der Waals surface area contributed by atoms with Crippen LogP contribution >= 0.6 is 11.6 Å². The second kappa shape index (κ2) is 6.98. The molecule has 1 unspecified atom stereocenters. The van der Waals surface area contributed by atoms with E-state index in [1.54, 1.807) is 0 Å². The van der Waals surface area contributed by atoms with E-state index >= 15 is 0 Å². The van der Waals surface area contributed by atoms with Crippen LogP contribution in [0.2, 0.25) is 5.02 Å². The summed E-state index contributed by atoms with van der Waals surface area (Å²) < 4.78 is 36.7. The van der Waals surface area contributed by atoms with Gasteiger partial charge in [-0.1, -0.05) is 16.8 Å². The molecule has 0 saturated heterocycles. The lowest BCUT2D eigenvalue weighted by Crippen LogP contribution is -2.84. The zero-order valence-corrected chi connectivity index (χ0v) is 16.2. The van der Waals surface area contributed by atoms with E-state index in [4.69, 9.17) is 20.9 Å². The third-order valence-corrected chi connectivity index (χ3v) is 5.54. The smallest absolute Gasteiger partial charge is 0.290 e. The molecular weight excluding hydrogens is 408 g/mol. The van der Waals surface area contributed by atoms with Crippen LogP contribution in [-0.4, -0.2) is 34.7 Å². The Hall–Kier alpha value is -2.68. The second-order valence-electron chi connectivity index (χ2n) is 7.69. The van der Waals surface area contributed by atoms with Gasteiger partial charge in [-0.2, -0.15) is 0 Å². The monoisotopic (exact) mass is 425 g/mol. The van der Waals surface area contributed by atoms with E-state index in [-0.39, 0.29) is 40.3 Å². The predicted molar refractivity (Wildman–Crippen MR) is 97.9 cm³/mol. The lowest BCUT2D eigenvalue weighted by Gasteiger charge is -2.70. The summed E-state index contributed by atoms with van der Waals surface area (Å²) in [5.74, 6) is -1.26. The lowest BCUT2D eigenvalue weighted by atomic mass is 9.44. The van der Waals surface area contributed by atoms with Gasteiger partial charge >= 0.3 is 0 Å². The number of nitrogens with zero attached hydrogens (tertiary/aromatic N) is 1. The molecule has 2 N–H and O–H groups in total. The number of amides is 2. The highest BCUT2D eigenvalue weighted by atomic mass is 35.5. The van der Waals surface area contributed by atoms with Gasteiger partial charge in [-0.15, -0.1) is 0 Å². The minimum Gasteiger partial charge on any atom is -0.484 e. The maximum Gasteiger partial charge on any atom is 0.290 e. The van der Waals surface area contributed by atoms with E-state index < -0.39 is 23.4 Å². The van der Waals surface area contributed by atoms with E-state index in [0.717, 1.165) is 6.07 Å². The van der Waals surface area contributed by atoms with Crippen LogP contribution in [0.5, 0.6) is 5.75 Å². The van der Waals surface area contributed by atoms with Crippen molar-refractivity contribution < 1.29 is 27.6 Å². The second-order valence-corrected chi connectivity index (χ2v) is 8.10. The fourth-order valence-corrected chi connectivity index (χ4v) is 4.10. The Balaban J connectivity index is 1.23. The molecule has 154 valence electrons. The van der Waals surface area contributed by atoms with Crippen LogP contribution < -0.4 is 15.4 Å². The normalized spacial score (nSPS) is 25.4. The summed E-state index contributed by atoms with van der Waals surface area (Å²) in [5.41, 5.74) is -0.713. The molecule has 1 aromatic heterocycles. The van der Waals surface area contributed by atoms with Crippen molar-refractivity contribution in [1.29, 1.82) is 0 Å². The number of aromatic nitrogens is 1. The van der Waals surface area contributed by atoms with E-state index in [2.05, 4.69) is 15.8 Å². The minimum absolute atomic E-state index is 0.0243. The SMILES string of the molecule is CC(F)c1cc(C(=O)NC23CC(NC(=O)COc4ccc(Cl)c(F)c4)(C2)C3)on1. The largest absolute Gasteiger partial charge is 0.484 e. The summed E-state index contributed by atoms with van der Waals surface area (Å²) in [6, 6.07) is 5.21. The van der Waals surface area contributed by atoms with E-state index in [1.807, 2.05) is 0 Å². The van der Waals surface area contributed by atoms with Gasteiger partial charge in [-0.05, 0) is 38.3 Å². The summed E-state index contributed by atoms with van der Waals surface area (Å²) in [6.45, 7) is 1.05. The van der Waals surface area contributed by atoms with Crippen molar-refractivity contribution in [2.24, 2.45) is 0 Å². The first-order valence-electron chi connectivity index (χ1n) is 9.01. The van der Waals surface area contributed by atoms with Gasteiger partial charge in [0, 0.05) is 23.2 Å². The molecule has 0 radical (unpaired) electrons. The highest BCUT2D eigenvalue weighted by Gasteiger charge is 2.69. The summed E-state index contributed by atoms with van der Waals surface area (Å²) in [7, 11) is 0. The topological polar surface area (TPSA) is 93.5 Å². The molecule has 1 heterocycles.